The summed E-state index contributed by atoms with van der Waals surface area (Å²) in [4.78, 5) is 11.9. The molecule has 0 spiro atoms. The number of carbonyl (C=O) groups is 1. The molecule has 0 fully saturated rings. The summed E-state index contributed by atoms with van der Waals surface area (Å²) in [6, 6.07) is 8.24. The smallest absolute Gasteiger partial charge is 0.315 e. The number of rotatable bonds is 3. The van der Waals surface area contributed by atoms with E-state index in [-0.39, 0.29) is 11.4 Å². The number of hydrogen-bond acceptors (Lipinski definition) is 2. The van der Waals surface area contributed by atoms with Crippen LogP contribution in [-0.4, -0.2) is 12.6 Å². The molecule has 0 aliphatic carbocycles. The first-order valence-corrected chi connectivity index (χ1v) is 6.48. The SMILES string of the molecule is CCOC(=O)C(C)(C)c1ccc(C(C)(C)C)cc1. The van der Waals surface area contributed by atoms with Crippen LogP contribution in [0.1, 0.15) is 52.7 Å². The summed E-state index contributed by atoms with van der Waals surface area (Å²) in [5, 5.41) is 0. The lowest BCUT2D eigenvalue weighted by Gasteiger charge is -2.25. The second-order valence-corrected chi connectivity index (χ2v) is 6.17. The summed E-state index contributed by atoms with van der Waals surface area (Å²) < 4.78 is 5.12. The van der Waals surface area contributed by atoms with E-state index in [1.165, 1.54) is 5.56 Å². The molecule has 2 nitrogen and oxygen atoms in total. The first kappa shape index (κ1) is 14.7. The first-order chi connectivity index (χ1) is 8.19. The van der Waals surface area contributed by atoms with E-state index in [9.17, 15) is 4.79 Å². The predicted octanol–water partition coefficient (Wildman–Crippen LogP) is 3.82. The van der Waals surface area contributed by atoms with Gasteiger partial charge < -0.3 is 4.74 Å². The van der Waals surface area contributed by atoms with Crippen LogP contribution in [0.15, 0.2) is 24.3 Å². The molecule has 0 aromatic heterocycles. The van der Waals surface area contributed by atoms with Gasteiger partial charge in [-0.15, -0.1) is 0 Å². The maximum absolute atomic E-state index is 11.9. The molecule has 1 rings (SSSR count). The van der Waals surface area contributed by atoms with Gasteiger partial charge in [0.05, 0.1) is 12.0 Å². The number of ether oxygens (including phenoxy) is 1. The molecule has 18 heavy (non-hydrogen) atoms. The maximum atomic E-state index is 11.9. The zero-order valence-electron chi connectivity index (χ0n) is 12.3. The van der Waals surface area contributed by atoms with Crippen molar-refractivity contribution in [2.75, 3.05) is 6.61 Å². The van der Waals surface area contributed by atoms with Gasteiger partial charge in [-0.25, -0.2) is 0 Å². The quantitative estimate of drug-likeness (QED) is 0.760. The minimum atomic E-state index is -0.591. The minimum Gasteiger partial charge on any atom is -0.465 e. The average molecular weight is 248 g/mol. The highest BCUT2D eigenvalue weighted by Crippen LogP contribution is 2.28. The zero-order chi connectivity index (χ0) is 14.0. The van der Waals surface area contributed by atoms with Gasteiger partial charge in [-0.1, -0.05) is 45.0 Å². The van der Waals surface area contributed by atoms with Gasteiger partial charge in [0.25, 0.3) is 0 Å². The summed E-state index contributed by atoms with van der Waals surface area (Å²) in [5.74, 6) is -0.173. The van der Waals surface area contributed by atoms with Crippen LogP contribution >= 0.6 is 0 Å². The Hall–Kier alpha value is -1.31. The van der Waals surface area contributed by atoms with Crippen LogP contribution in [0.5, 0.6) is 0 Å². The molecule has 2 heteroatoms. The fourth-order valence-corrected chi connectivity index (χ4v) is 1.82. The molecule has 1 aromatic rings. The van der Waals surface area contributed by atoms with Crippen LogP contribution in [-0.2, 0) is 20.4 Å². The van der Waals surface area contributed by atoms with Crippen molar-refractivity contribution in [1.82, 2.24) is 0 Å². The summed E-state index contributed by atoms with van der Waals surface area (Å²) in [7, 11) is 0. The van der Waals surface area contributed by atoms with Gasteiger partial charge in [0, 0.05) is 0 Å². The van der Waals surface area contributed by atoms with Crippen molar-refractivity contribution in [2.45, 2.75) is 52.4 Å². The van der Waals surface area contributed by atoms with Gasteiger partial charge in [0.1, 0.15) is 0 Å². The Bertz CT molecular complexity index is 408. The molecule has 0 bridgehead atoms. The molecule has 0 unspecified atom stereocenters. The normalized spacial score (nSPS) is 12.3. The first-order valence-electron chi connectivity index (χ1n) is 6.48. The Kier molecular flexibility index (Phi) is 4.20. The van der Waals surface area contributed by atoms with Crippen molar-refractivity contribution >= 4 is 5.97 Å². The van der Waals surface area contributed by atoms with E-state index in [0.29, 0.717) is 6.61 Å². The Morgan fingerprint density at radius 2 is 1.44 bits per heavy atom. The number of hydrogen-bond donors (Lipinski definition) is 0. The second kappa shape index (κ2) is 5.13. The summed E-state index contributed by atoms with van der Waals surface area (Å²) in [5.41, 5.74) is 1.80. The highest BCUT2D eigenvalue weighted by atomic mass is 16.5. The van der Waals surface area contributed by atoms with Crippen molar-refractivity contribution in [1.29, 1.82) is 0 Å². The van der Waals surface area contributed by atoms with Crippen LogP contribution in [0.25, 0.3) is 0 Å². The maximum Gasteiger partial charge on any atom is 0.315 e. The highest BCUT2D eigenvalue weighted by molar-refractivity contribution is 5.82. The van der Waals surface area contributed by atoms with Gasteiger partial charge in [0.2, 0.25) is 0 Å². The van der Waals surface area contributed by atoms with E-state index in [2.05, 4.69) is 32.9 Å². The third-order valence-corrected chi connectivity index (χ3v) is 3.26. The molecule has 0 saturated carbocycles. The molecule has 0 N–H and O–H groups in total. The van der Waals surface area contributed by atoms with E-state index in [4.69, 9.17) is 4.74 Å². The number of carbonyl (C=O) groups excluding carboxylic acids is 1. The summed E-state index contributed by atoms with van der Waals surface area (Å²) in [6.45, 7) is 12.6. The Morgan fingerprint density at radius 3 is 1.83 bits per heavy atom. The molecule has 0 saturated heterocycles. The topological polar surface area (TPSA) is 26.3 Å². The molecule has 0 atom stereocenters. The molecule has 0 amide bonds. The van der Waals surface area contributed by atoms with E-state index in [1.807, 2.05) is 32.9 Å². The number of benzene rings is 1. The van der Waals surface area contributed by atoms with E-state index in [0.717, 1.165) is 5.56 Å². The zero-order valence-corrected chi connectivity index (χ0v) is 12.3. The van der Waals surface area contributed by atoms with Gasteiger partial charge in [-0.3, -0.25) is 4.79 Å². The summed E-state index contributed by atoms with van der Waals surface area (Å²) in [6.07, 6.45) is 0. The largest absolute Gasteiger partial charge is 0.465 e. The third-order valence-electron chi connectivity index (χ3n) is 3.26. The van der Waals surface area contributed by atoms with E-state index < -0.39 is 5.41 Å². The lowest BCUT2D eigenvalue weighted by atomic mass is 9.81. The van der Waals surface area contributed by atoms with Crippen molar-refractivity contribution in [3.8, 4) is 0 Å². The monoisotopic (exact) mass is 248 g/mol. The minimum absolute atomic E-state index is 0.132. The van der Waals surface area contributed by atoms with Crippen molar-refractivity contribution in [2.24, 2.45) is 0 Å². The van der Waals surface area contributed by atoms with Crippen LogP contribution < -0.4 is 0 Å². The molecule has 100 valence electrons. The van der Waals surface area contributed by atoms with Crippen LogP contribution in [0.4, 0.5) is 0 Å². The van der Waals surface area contributed by atoms with Crippen LogP contribution in [0.2, 0.25) is 0 Å². The van der Waals surface area contributed by atoms with Crippen molar-refractivity contribution in [3.63, 3.8) is 0 Å². The van der Waals surface area contributed by atoms with E-state index in [1.54, 1.807) is 0 Å². The standard InChI is InChI=1S/C16H24O2/c1-7-18-14(17)16(5,6)13-10-8-12(9-11-13)15(2,3)4/h8-11H,7H2,1-6H3. The fraction of sp³-hybridized carbons (Fsp3) is 0.562. The Balaban J connectivity index is 3.01. The molecule has 0 aliphatic rings. The van der Waals surface area contributed by atoms with Gasteiger partial charge in [-0.2, -0.15) is 0 Å². The molecule has 1 aromatic carbocycles. The second-order valence-electron chi connectivity index (χ2n) is 6.17. The third kappa shape index (κ3) is 3.12. The Morgan fingerprint density at radius 1 is 1.00 bits per heavy atom. The Labute approximate surface area is 110 Å². The van der Waals surface area contributed by atoms with Crippen molar-refractivity contribution in [3.05, 3.63) is 35.4 Å². The van der Waals surface area contributed by atoms with Gasteiger partial charge in [0.15, 0.2) is 0 Å². The summed E-state index contributed by atoms with van der Waals surface area (Å²) >= 11 is 0. The molecular formula is C16H24O2. The predicted molar refractivity (Wildman–Crippen MR) is 74.8 cm³/mol. The fourth-order valence-electron chi connectivity index (χ4n) is 1.82. The van der Waals surface area contributed by atoms with Crippen LogP contribution in [0, 0.1) is 0 Å². The number of esters is 1. The molecule has 0 heterocycles. The lowest BCUT2D eigenvalue weighted by molar-refractivity contribution is -0.148. The average Bonchev–Trinajstić information content (AvgIpc) is 2.28. The highest BCUT2D eigenvalue weighted by Gasteiger charge is 2.31. The molecular weight excluding hydrogens is 224 g/mol. The van der Waals surface area contributed by atoms with Gasteiger partial charge >= 0.3 is 5.97 Å². The lowest BCUT2D eigenvalue weighted by Crippen LogP contribution is -2.31. The molecule has 0 aliphatic heterocycles. The van der Waals surface area contributed by atoms with Crippen LogP contribution in [0.3, 0.4) is 0 Å². The van der Waals surface area contributed by atoms with Gasteiger partial charge in [-0.05, 0) is 37.3 Å². The van der Waals surface area contributed by atoms with E-state index >= 15 is 0 Å². The van der Waals surface area contributed by atoms with Crippen molar-refractivity contribution < 1.29 is 9.53 Å². The molecule has 0 radical (unpaired) electrons.